The molecule has 1 amide bonds. The number of aryl methyl sites for hydroxylation is 1. The van der Waals surface area contributed by atoms with E-state index in [1.165, 1.54) is 4.90 Å². The van der Waals surface area contributed by atoms with E-state index >= 15 is 0 Å². The molecule has 1 atom stereocenters. The summed E-state index contributed by atoms with van der Waals surface area (Å²) >= 11 is 6.07. The van der Waals surface area contributed by atoms with Crippen molar-refractivity contribution < 1.29 is 19.4 Å². The second-order valence-corrected chi connectivity index (χ2v) is 8.36. The second-order valence-electron chi connectivity index (χ2n) is 7.92. The zero-order valence-electron chi connectivity index (χ0n) is 18.6. The lowest BCUT2D eigenvalue weighted by Crippen LogP contribution is -2.29. The lowest BCUT2D eigenvalue weighted by atomic mass is 9.94. The molecule has 0 saturated carbocycles. The van der Waals surface area contributed by atoms with Gasteiger partial charge < -0.3 is 14.7 Å². The van der Waals surface area contributed by atoms with Crippen molar-refractivity contribution in [3.63, 3.8) is 0 Å². The van der Waals surface area contributed by atoms with E-state index in [-0.39, 0.29) is 17.9 Å². The number of halogens is 1. The van der Waals surface area contributed by atoms with Gasteiger partial charge in [0.2, 0.25) is 0 Å². The normalized spacial score (nSPS) is 17.1. The number of carbonyl (C=O) groups is 2. The molecule has 3 aromatic rings. The number of Topliss-reactive ketones (excluding diaryl/α,β-unsaturated/α-hetero) is 1. The average molecular weight is 475 g/mol. The second kappa shape index (κ2) is 9.93. The highest BCUT2D eigenvalue weighted by atomic mass is 35.5. The highest BCUT2D eigenvalue weighted by Crippen LogP contribution is 2.41. The maximum Gasteiger partial charge on any atom is 0.295 e. The Hall–Kier alpha value is -3.90. The van der Waals surface area contributed by atoms with Crippen LogP contribution in [0.2, 0.25) is 5.02 Å². The maximum atomic E-state index is 13.2. The van der Waals surface area contributed by atoms with Crippen molar-refractivity contribution in [3.8, 4) is 5.75 Å². The minimum Gasteiger partial charge on any atom is -0.507 e. The fourth-order valence-corrected chi connectivity index (χ4v) is 4.11. The van der Waals surface area contributed by atoms with Gasteiger partial charge in [-0.25, -0.2) is 0 Å². The first-order valence-corrected chi connectivity index (χ1v) is 11.1. The zero-order chi connectivity index (χ0) is 24.2. The van der Waals surface area contributed by atoms with E-state index < -0.39 is 17.7 Å². The summed E-state index contributed by atoms with van der Waals surface area (Å²) in [7, 11) is 0. The van der Waals surface area contributed by atoms with E-state index in [0.29, 0.717) is 28.5 Å². The molecule has 2 heterocycles. The molecule has 34 heavy (non-hydrogen) atoms. The number of hydrogen-bond acceptors (Lipinski definition) is 5. The summed E-state index contributed by atoms with van der Waals surface area (Å²) in [6.07, 6.45) is 4.92. The van der Waals surface area contributed by atoms with Gasteiger partial charge >= 0.3 is 0 Å². The van der Waals surface area contributed by atoms with Crippen molar-refractivity contribution in [3.05, 3.63) is 112 Å². The van der Waals surface area contributed by atoms with Crippen LogP contribution in [0, 0.1) is 6.92 Å². The minimum atomic E-state index is -0.783. The van der Waals surface area contributed by atoms with Crippen LogP contribution >= 0.6 is 11.6 Å². The third-order valence-corrected chi connectivity index (χ3v) is 5.86. The Bertz CT molecular complexity index is 1270. The highest BCUT2D eigenvalue weighted by molar-refractivity contribution is 6.46. The topological polar surface area (TPSA) is 79.7 Å². The maximum absolute atomic E-state index is 13.2. The number of aliphatic hydroxyl groups is 1. The molecule has 4 rings (SSSR count). The molecule has 1 aliphatic heterocycles. The molecule has 7 heteroatoms. The summed E-state index contributed by atoms with van der Waals surface area (Å²) < 4.78 is 5.61. The molecule has 1 aromatic heterocycles. The van der Waals surface area contributed by atoms with Gasteiger partial charge in [0.15, 0.2) is 0 Å². The summed E-state index contributed by atoms with van der Waals surface area (Å²) in [5.41, 5.74) is 2.65. The highest BCUT2D eigenvalue weighted by Gasteiger charge is 2.46. The lowest BCUT2D eigenvalue weighted by Gasteiger charge is -2.25. The van der Waals surface area contributed by atoms with E-state index in [1.54, 1.807) is 67.0 Å². The molecule has 0 bridgehead atoms. The van der Waals surface area contributed by atoms with E-state index in [1.807, 2.05) is 13.0 Å². The van der Waals surface area contributed by atoms with Gasteiger partial charge in [0.05, 0.1) is 11.6 Å². The number of ether oxygens (including phenoxy) is 1. The molecule has 1 aliphatic rings. The smallest absolute Gasteiger partial charge is 0.295 e. The van der Waals surface area contributed by atoms with Gasteiger partial charge in [-0.2, -0.15) is 0 Å². The number of pyridine rings is 1. The van der Waals surface area contributed by atoms with Crippen LogP contribution in [0.15, 0.2) is 85.2 Å². The average Bonchev–Trinajstić information content (AvgIpc) is 3.09. The largest absolute Gasteiger partial charge is 0.507 e. The molecule has 2 aromatic carbocycles. The molecule has 0 unspecified atom stereocenters. The fourth-order valence-electron chi connectivity index (χ4n) is 3.99. The summed E-state index contributed by atoms with van der Waals surface area (Å²) in [6, 6.07) is 14.8. The predicted molar refractivity (Wildman–Crippen MR) is 130 cm³/mol. The number of carbonyl (C=O) groups excluding carboxylic acids is 2. The zero-order valence-corrected chi connectivity index (χ0v) is 19.3. The molecule has 1 N–H and O–H groups in total. The molecular formula is C27H23ClN2O4. The Balaban J connectivity index is 1.81. The molecule has 1 saturated heterocycles. The van der Waals surface area contributed by atoms with Gasteiger partial charge in [-0.05, 0) is 60.0 Å². The van der Waals surface area contributed by atoms with Gasteiger partial charge in [-0.3, -0.25) is 14.6 Å². The van der Waals surface area contributed by atoms with Crippen LogP contribution in [0.5, 0.6) is 5.75 Å². The van der Waals surface area contributed by atoms with Crippen molar-refractivity contribution in [2.45, 2.75) is 19.5 Å². The van der Waals surface area contributed by atoms with Crippen molar-refractivity contribution in [1.29, 1.82) is 0 Å². The number of amides is 1. The van der Waals surface area contributed by atoms with Crippen LogP contribution in [0.1, 0.15) is 28.3 Å². The Morgan fingerprint density at radius 2 is 1.97 bits per heavy atom. The number of benzene rings is 2. The first-order valence-electron chi connectivity index (χ1n) is 10.7. The molecule has 6 nitrogen and oxygen atoms in total. The SMILES string of the molecule is C=CCOc1ccc(C(O)=C2C(=O)C(=O)N(Cc3cccnc3)[C@H]2c2ccc(Cl)cc2)cc1C. The van der Waals surface area contributed by atoms with Gasteiger partial charge in [0.25, 0.3) is 11.7 Å². The standard InChI is InChI=1S/C27H23ClN2O4/c1-3-13-34-22-11-8-20(14-17(22)2)25(31)23-24(19-6-9-21(28)10-7-19)30(27(33)26(23)32)16-18-5-4-12-29-15-18/h3-12,14-15,24,31H,1,13,16H2,2H3/t24-/m0/s1. The molecule has 0 aliphatic carbocycles. The third kappa shape index (κ3) is 4.58. The Morgan fingerprint density at radius 3 is 2.62 bits per heavy atom. The fraction of sp³-hybridized carbons (Fsp3) is 0.148. The monoisotopic (exact) mass is 474 g/mol. The van der Waals surface area contributed by atoms with Crippen LogP contribution in [0.3, 0.4) is 0 Å². The summed E-state index contributed by atoms with van der Waals surface area (Å²) in [6.45, 7) is 5.99. The molecular weight excluding hydrogens is 452 g/mol. The van der Waals surface area contributed by atoms with Crippen molar-refractivity contribution in [2.24, 2.45) is 0 Å². The number of rotatable bonds is 7. The third-order valence-electron chi connectivity index (χ3n) is 5.61. The number of aliphatic hydroxyl groups excluding tert-OH is 1. The van der Waals surface area contributed by atoms with Gasteiger partial charge in [-0.15, -0.1) is 0 Å². The number of aromatic nitrogens is 1. The van der Waals surface area contributed by atoms with Gasteiger partial charge in [0.1, 0.15) is 18.1 Å². The molecule has 1 fully saturated rings. The van der Waals surface area contributed by atoms with Crippen LogP contribution in [-0.4, -0.2) is 33.3 Å². The quantitative estimate of drug-likeness (QED) is 0.219. The summed E-state index contributed by atoms with van der Waals surface area (Å²) in [5, 5.41) is 11.8. The van der Waals surface area contributed by atoms with Crippen molar-refractivity contribution in [1.82, 2.24) is 9.88 Å². The van der Waals surface area contributed by atoms with E-state index in [9.17, 15) is 14.7 Å². The van der Waals surface area contributed by atoms with Crippen LogP contribution in [-0.2, 0) is 16.1 Å². The molecule has 0 spiro atoms. The molecule has 0 radical (unpaired) electrons. The Kier molecular flexibility index (Phi) is 6.80. The van der Waals surface area contributed by atoms with Crippen LogP contribution < -0.4 is 4.74 Å². The number of nitrogens with zero attached hydrogens (tertiary/aromatic N) is 2. The molecule has 172 valence electrons. The first-order chi connectivity index (χ1) is 16.4. The van der Waals surface area contributed by atoms with E-state index in [0.717, 1.165) is 11.1 Å². The van der Waals surface area contributed by atoms with Crippen molar-refractivity contribution in [2.75, 3.05) is 6.61 Å². The number of ketones is 1. The van der Waals surface area contributed by atoms with Crippen molar-refractivity contribution >= 4 is 29.1 Å². The van der Waals surface area contributed by atoms with Crippen LogP contribution in [0.25, 0.3) is 5.76 Å². The predicted octanol–water partition coefficient (Wildman–Crippen LogP) is 5.23. The van der Waals surface area contributed by atoms with Gasteiger partial charge in [0, 0.05) is 29.5 Å². The Labute approximate surface area is 202 Å². The number of hydrogen-bond donors (Lipinski definition) is 1. The summed E-state index contributed by atoms with van der Waals surface area (Å²) in [4.78, 5) is 31.8. The minimum absolute atomic E-state index is 0.0235. The Morgan fingerprint density at radius 1 is 1.21 bits per heavy atom. The van der Waals surface area contributed by atoms with Gasteiger partial charge in [-0.1, -0.05) is 42.5 Å². The lowest BCUT2D eigenvalue weighted by molar-refractivity contribution is -0.140. The number of likely N-dealkylation sites (tertiary alicyclic amines) is 1. The first kappa shape index (κ1) is 23.3. The van der Waals surface area contributed by atoms with E-state index in [4.69, 9.17) is 16.3 Å². The van der Waals surface area contributed by atoms with Crippen LogP contribution in [0.4, 0.5) is 0 Å². The van der Waals surface area contributed by atoms with E-state index in [2.05, 4.69) is 11.6 Å². The summed E-state index contributed by atoms with van der Waals surface area (Å²) in [5.74, 6) is -1.04.